The number of nitrogens with one attached hydrogen (secondary N) is 1. The van der Waals surface area contributed by atoms with E-state index in [2.05, 4.69) is 44.0 Å². The highest BCUT2D eigenvalue weighted by Gasteiger charge is 2.29. The summed E-state index contributed by atoms with van der Waals surface area (Å²) >= 11 is 0. The minimum Gasteiger partial charge on any atom is -0.354 e. The normalized spacial score (nSPS) is 24.7. The number of piperazine rings is 1. The molecule has 154 valence electrons. The first-order valence-corrected chi connectivity index (χ1v) is 10.2. The minimum atomic E-state index is 0. The van der Waals surface area contributed by atoms with Gasteiger partial charge in [0.2, 0.25) is 0 Å². The van der Waals surface area contributed by atoms with Crippen LogP contribution in [0.4, 0.5) is 0 Å². The van der Waals surface area contributed by atoms with E-state index in [0.717, 1.165) is 63.1 Å². The maximum Gasteiger partial charge on any atom is 0.193 e. The van der Waals surface area contributed by atoms with E-state index < -0.39 is 0 Å². The second-order valence-corrected chi connectivity index (χ2v) is 7.97. The molecular weight excluding hydrogens is 453 g/mol. The molecule has 0 unspecified atom stereocenters. The van der Waals surface area contributed by atoms with Crippen molar-refractivity contribution >= 4 is 29.9 Å². The monoisotopic (exact) mass is 489 g/mol. The lowest BCUT2D eigenvalue weighted by molar-refractivity contribution is 0.0864. The Balaban J connectivity index is 0.00000261. The predicted molar refractivity (Wildman–Crippen MR) is 121 cm³/mol. The fourth-order valence-electron chi connectivity index (χ4n) is 4.40. The molecule has 3 rings (SSSR count). The molecule has 1 saturated heterocycles. The molecule has 0 amide bonds. The highest BCUT2D eigenvalue weighted by molar-refractivity contribution is 14.0. The van der Waals surface area contributed by atoms with Gasteiger partial charge in [0.25, 0.3) is 0 Å². The van der Waals surface area contributed by atoms with Gasteiger partial charge in [-0.1, -0.05) is 13.8 Å². The summed E-state index contributed by atoms with van der Waals surface area (Å²) in [4.78, 5) is 13.5. The van der Waals surface area contributed by atoms with E-state index in [1.165, 1.54) is 25.7 Å². The molecule has 1 aliphatic carbocycles. The summed E-state index contributed by atoms with van der Waals surface area (Å²) in [7, 11) is 1.87. The second kappa shape index (κ2) is 11.2. The smallest absolute Gasteiger partial charge is 0.193 e. The summed E-state index contributed by atoms with van der Waals surface area (Å²) in [6.07, 6.45) is 8.91. The van der Waals surface area contributed by atoms with Gasteiger partial charge in [0, 0.05) is 45.8 Å². The lowest BCUT2D eigenvalue weighted by Gasteiger charge is -2.43. The molecule has 0 spiro atoms. The van der Waals surface area contributed by atoms with Crippen molar-refractivity contribution in [2.45, 2.75) is 52.1 Å². The summed E-state index contributed by atoms with van der Waals surface area (Å²) in [5.41, 5.74) is 0. The second-order valence-electron chi connectivity index (χ2n) is 7.97. The lowest BCUT2D eigenvalue weighted by Crippen LogP contribution is -2.55. The van der Waals surface area contributed by atoms with Crippen LogP contribution in [0.5, 0.6) is 0 Å². The van der Waals surface area contributed by atoms with Crippen molar-refractivity contribution in [3.05, 3.63) is 12.7 Å². The SMILES string of the molecule is CN=C(NCCn1cncn1)N1CCN(C2CCC(C(C)C)CC2)CC1.I. The van der Waals surface area contributed by atoms with Gasteiger partial charge < -0.3 is 10.2 Å². The summed E-state index contributed by atoms with van der Waals surface area (Å²) in [6.45, 7) is 10.8. The van der Waals surface area contributed by atoms with Crippen molar-refractivity contribution in [1.29, 1.82) is 0 Å². The number of halogens is 1. The van der Waals surface area contributed by atoms with Crippen LogP contribution in [-0.2, 0) is 6.54 Å². The van der Waals surface area contributed by atoms with Crippen LogP contribution in [0, 0.1) is 11.8 Å². The molecular formula is C19H36IN7. The highest BCUT2D eigenvalue weighted by atomic mass is 127. The maximum atomic E-state index is 4.47. The topological polar surface area (TPSA) is 61.6 Å². The summed E-state index contributed by atoms with van der Waals surface area (Å²) < 4.78 is 1.84. The van der Waals surface area contributed by atoms with E-state index in [0.29, 0.717) is 0 Å². The van der Waals surface area contributed by atoms with E-state index in [9.17, 15) is 0 Å². The van der Waals surface area contributed by atoms with Crippen molar-refractivity contribution in [3.63, 3.8) is 0 Å². The molecule has 0 atom stereocenters. The van der Waals surface area contributed by atoms with Crippen LogP contribution in [0.25, 0.3) is 0 Å². The Hall–Kier alpha value is -0.900. The maximum absolute atomic E-state index is 4.47. The van der Waals surface area contributed by atoms with E-state index in [1.54, 1.807) is 12.7 Å². The summed E-state index contributed by atoms with van der Waals surface area (Å²) in [5.74, 6) is 2.80. The van der Waals surface area contributed by atoms with Crippen LogP contribution in [0.1, 0.15) is 39.5 Å². The Morgan fingerprint density at radius 2 is 1.85 bits per heavy atom. The number of nitrogens with zero attached hydrogens (tertiary/aromatic N) is 6. The van der Waals surface area contributed by atoms with E-state index in [4.69, 9.17) is 0 Å². The van der Waals surface area contributed by atoms with Crippen LogP contribution >= 0.6 is 24.0 Å². The van der Waals surface area contributed by atoms with Gasteiger partial charge in [-0.05, 0) is 37.5 Å². The number of rotatable bonds is 5. The minimum absolute atomic E-state index is 0. The van der Waals surface area contributed by atoms with Gasteiger partial charge in [-0.3, -0.25) is 14.6 Å². The largest absolute Gasteiger partial charge is 0.354 e. The first kappa shape index (κ1) is 22.4. The van der Waals surface area contributed by atoms with Crippen molar-refractivity contribution < 1.29 is 0 Å². The average molecular weight is 489 g/mol. The Labute approximate surface area is 181 Å². The molecule has 0 aromatic carbocycles. The van der Waals surface area contributed by atoms with E-state index in [1.807, 2.05) is 11.7 Å². The van der Waals surface area contributed by atoms with Crippen LogP contribution < -0.4 is 5.32 Å². The van der Waals surface area contributed by atoms with Crippen molar-refractivity contribution in [1.82, 2.24) is 29.9 Å². The van der Waals surface area contributed by atoms with Gasteiger partial charge in [0.15, 0.2) is 5.96 Å². The number of aliphatic imine (C=N–C) groups is 1. The molecule has 7 nitrogen and oxygen atoms in total. The van der Waals surface area contributed by atoms with Crippen LogP contribution in [-0.4, -0.2) is 76.3 Å². The number of hydrogen-bond acceptors (Lipinski definition) is 4. The van der Waals surface area contributed by atoms with Crippen LogP contribution in [0.15, 0.2) is 17.6 Å². The van der Waals surface area contributed by atoms with Crippen LogP contribution in [0.2, 0.25) is 0 Å². The zero-order valence-corrected chi connectivity index (χ0v) is 19.4. The molecule has 1 N–H and O–H groups in total. The molecule has 0 radical (unpaired) electrons. The Bertz CT molecular complexity index is 544. The molecule has 1 aliphatic heterocycles. The summed E-state index contributed by atoms with van der Waals surface area (Å²) in [6, 6.07) is 0.800. The first-order valence-electron chi connectivity index (χ1n) is 10.2. The third-order valence-corrected chi connectivity index (χ3v) is 6.12. The van der Waals surface area contributed by atoms with Gasteiger partial charge in [0.1, 0.15) is 12.7 Å². The molecule has 1 aromatic heterocycles. The molecule has 2 heterocycles. The van der Waals surface area contributed by atoms with Crippen molar-refractivity contribution in [3.8, 4) is 0 Å². The quantitative estimate of drug-likeness (QED) is 0.391. The lowest BCUT2D eigenvalue weighted by atomic mass is 9.79. The van der Waals surface area contributed by atoms with Gasteiger partial charge >= 0.3 is 0 Å². The molecule has 0 bridgehead atoms. The van der Waals surface area contributed by atoms with Gasteiger partial charge in [-0.15, -0.1) is 24.0 Å². The molecule has 1 saturated carbocycles. The fourth-order valence-corrected chi connectivity index (χ4v) is 4.40. The summed E-state index contributed by atoms with van der Waals surface area (Å²) in [5, 5.41) is 7.59. The van der Waals surface area contributed by atoms with Crippen molar-refractivity contribution in [2.75, 3.05) is 39.8 Å². The standard InChI is InChI=1S/C19H35N7.HI/c1-16(2)17-4-6-18(7-5-17)24-10-12-25(13-11-24)19(20-3)22-8-9-26-15-21-14-23-26;/h14-18H,4-13H2,1-3H3,(H,20,22);1H. The Kier molecular flexibility index (Phi) is 9.28. The fraction of sp³-hybridized carbons (Fsp3) is 0.842. The molecule has 27 heavy (non-hydrogen) atoms. The first-order chi connectivity index (χ1) is 12.7. The third kappa shape index (κ3) is 6.30. The Morgan fingerprint density at radius 1 is 1.15 bits per heavy atom. The predicted octanol–water partition coefficient (Wildman–Crippen LogP) is 2.30. The van der Waals surface area contributed by atoms with Crippen molar-refractivity contribution in [2.24, 2.45) is 16.8 Å². The number of guanidine groups is 1. The Morgan fingerprint density at radius 3 is 2.41 bits per heavy atom. The zero-order chi connectivity index (χ0) is 18.4. The van der Waals surface area contributed by atoms with Crippen LogP contribution in [0.3, 0.4) is 0 Å². The molecule has 2 aliphatic rings. The van der Waals surface area contributed by atoms with Gasteiger partial charge in [0.05, 0.1) is 6.54 Å². The average Bonchev–Trinajstić information content (AvgIpc) is 3.19. The molecule has 1 aromatic rings. The molecule has 2 fully saturated rings. The van der Waals surface area contributed by atoms with E-state index >= 15 is 0 Å². The zero-order valence-electron chi connectivity index (χ0n) is 17.0. The third-order valence-electron chi connectivity index (χ3n) is 6.12. The molecule has 8 heteroatoms. The highest BCUT2D eigenvalue weighted by Crippen LogP contribution is 2.32. The number of hydrogen-bond donors (Lipinski definition) is 1. The van der Waals surface area contributed by atoms with Gasteiger partial charge in [-0.25, -0.2) is 4.98 Å². The number of aromatic nitrogens is 3. The van der Waals surface area contributed by atoms with Gasteiger partial charge in [-0.2, -0.15) is 5.10 Å². The van der Waals surface area contributed by atoms with E-state index in [-0.39, 0.29) is 24.0 Å².